The summed E-state index contributed by atoms with van der Waals surface area (Å²) >= 11 is 1.70. The Morgan fingerprint density at radius 3 is 2.40 bits per heavy atom. The lowest BCUT2D eigenvalue weighted by Gasteiger charge is -2.10. The summed E-state index contributed by atoms with van der Waals surface area (Å²) in [5, 5.41) is 7.33. The number of amides is 1. The van der Waals surface area contributed by atoms with Crippen molar-refractivity contribution in [2.24, 2.45) is 0 Å². The van der Waals surface area contributed by atoms with Crippen LogP contribution in [0.2, 0.25) is 0 Å². The second-order valence-corrected chi connectivity index (χ2v) is 7.45. The van der Waals surface area contributed by atoms with Gasteiger partial charge in [-0.05, 0) is 39.9 Å². The van der Waals surface area contributed by atoms with Crippen molar-refractivity contribution in [1.29, 1.82) is 0 Å². The molecule has 0 radical (unpaired) electrons. The number of thiophene rings is 1. The molecule has 2 nitrogen and oxygen atoms in total. The molecule has 0 atom stereocenters. The number of carbonyl (C=O) groups is 1. The van der Waals surface area contributed by atoms with Crippen molar-refractivity contribution in [2.75, 3.05) is 0 Å². The van der Waals surface area contributed by atoms with Crippen LogP contribution in [0.3, 0.4) is 0 Å². The average Bonchev–Trinajstić information content (AvgIpc) is 3.17. The summed E-state index contributed by atoms with van der Waals surface area (Å²) in [7, 11) is 0. The Hall–Kier alpha value is -1.61. The molecule has 1 heterocycles. The molecule has 0 aliphatic carbocycles. The van der Waals surface area contributed by atoms with Crippen LogP contribution >= 0.6 is 11.3 Å². The van der Waals surface area contributed by atoms with Crippen molar-refractivity contribution in [3.8, 4) is 11.1 Å². The van der Waals surface area contributed by atoms with Gasteiger partial charge >= 0.3 is 0 Å². The normalized spacial score (nSPS) is 10.8. The fourth-order valence-electron chi connectivity index (χ4n) is 3.08. The highest BCUT2D eigenvalue weighted by atomic mass is 32.1. The summed E-state index contributed by atoms with van der Waals surface area (Å²) in [6.45, 7) is 2.86. The maximum atomic E-state index is 12.1. The molecule has 0 unspecified atom stereocenters. The van der Waals surface area contributed by atoms with Crippen LogP contribution in [0.4, 0.5) is 0 Å². The molecule has 136 valence electrons. The van der Waals surface area contributed by atoms with Gasteiger partial charge in [0.2, 0.25) is 5.91 Å². The topological polar surface area (TPSA) is 29.1 Å². The Labute approximate surface area is 156 Å². The number of hydrogen-bond donors (Lipinski definition) is 1. The standard InChI is InChI=1S/C22H31NOS/c1-2-3-4-5-6-7-8-9-14-22(24)23-17-19-12-10-11-13-21(19)20-15-16-25-18-20/h10-13,15-16,18H,2-9,14,17H2,1H3,(H,23,24). The van der Waals surface area contributed by atoms with Crippen LogP contribution in [0.1, 0.15) is 70.3 Å². The zero-order valence-corrected chi connectivity index (χ0v) is 16.2. The van der Waals surface area contributed by atoms with Crippen LogP contribution in [-0.4, -0.2) is 5.91 Å². The molecular weight excluding hydrogens is 326 g/mol. The van der Waals surface area contributed by atoms with Crippen LogP contribution in [-0.2, 0) is 11.3 Å². The Bertz CT molecular complexity index is 606. The third-order valence-corrected chi connectivity index (χ3v) is 5.27. The Balaban J connectivity index is 1.64. The SMILES string of the molecule is CCCCCCCCCCC(=O)NCc1ccccc1-c1ccsc1. The van der Waals surface area contributed by atoms with Crippen molar-refractivity contribution in [1.82, 2.24) is 5.32 Å². The summed E-state index contributed by atoms with van der Waals surface area (Å²) < 4.78 is 0. The molecule has 1 amide bonds. The van der Waals surface area contributed by atoms with Crippen molar-refractivity contribution < 1.29 is 4.79 Å². The first-order valence-corrected chi connectivity index (χ1v) is 10.6. The van der Waals surface area contributed by atoms with Gasteiger partial charge in [0.25, 0.3) is 0 Å². The van der Waals surface area contributed by atoms with Gasteiger partial charge in [0.05, 0.1) is 0 Å². The quantitative estimate of drug-likeness (QED) is 0.428. The molecule has 0 spiro atoms. The molecule has 0 bridgehead atoms. The fraction of sp³-hybridized carbons (Fsp3) is 0.500. The van der Waals surface area contributed by atoms with Crippen LogP contribution in [0.25, 0.3) is 11.1 Å². The molecule has 0 saturated heterocycles. The van der Waals surface area contributed by atoms with Crippen LogP contribution in [0.5, 0.6) is 0 Å². The number of unbranched alkanes of at least 4 members (excludes halogenated alkanes) is 7. The lowest BCUT2D eigenvalue weighted by atomic mass is 10.0. The first-order valence-electron chi connectivity index (χ1n) is 9.68. The summed E-state index contributed by atoms with van der Waals surface area (Å²) in [6.07, 6.45) is 10.8. The number of nitrogens with one attached hydrogen (secondary N) is 1. The van der Waals surface area contributed by atoms with E-state index in [1.165, 1.54) is 61.6 Å². The average molecular weight is 358 g/mol. The molecule has 0 saturated carbocycles. The van der Waals surface area contributed by atoms with Gasteiger partial charge in [-0.15, -0.1) is 0 Å². The van der Waals surface area contributed by atoms with Gasteiger partial charge in [0.1, 0.15) is 0 Å². The van der Waals surface area contributed by atoms with E-state index in [4.69, 9.17) is 0 Å². The van der Waals surface area contributed by atoms with E-state index in [0.29, 0.717) is 13.0 Å². The number of hydrogen-bond acceptors (Lipinski definition) is 2. The second kappa shape index (κ2) is 11.9. The maximum absolute atomic E-state index is 12.1. The third-order valence-electron chi connectivity index (χ3n) is 4.58. The Morgan fingerprint density at radius 1 is 0.960 bits per heavy atom. The van der Waals surface area contributed by atoms with Gasteiger partial charge in [-0.25, -0.2) is 0 Å². The van der Waals surface area contributed by atoms with E-state index in [2.05, 4.69) is 47.3 Å². The smallest absolute Gasteiger partial charge is 0.220 e. The van der Waals surface area contributed by atoms with Gasteiger partial charge in [0.15, 0.2) is 0 Å². The molecular formula is C22H31NOS. The van der Waals surface area contributed by atoms with E-state index in [1.54, 1.807) is 11.3 Å². The number of carbonyl (C=O) groups excluding carboxylic acids is 1. The van der Waals surface area contributed by atoms with Crippen molar-refractivity contribution in [3.05, 3.63) is 46.7 Å². The highest BCUT2D eigenvalue weighted by Crippen LogP contribution is 2.25. The first-order chi connectivity index (χ1) is 12.3. The Morgan fingerprint density at radius 2 is 1.68 bits per heavy atom. The van der Waals surface area contributed by atoms with Crippen molar-refractivity contribution >= 4 is 17.2 Å². The second-order valence-electron chi connectivity index (χ2n) is 6.67. The van der Waals surface area contributed by atoms with E-state index in [9.17, 15) is 4.79 Å². The van der Waals surface area contributed by atoms with E-state index in [0.717, 1.165) is 6.42 Å². The first kappa shape index (κ1) is 19.7. The molecule has 2 rings (SSSR count). The summed E-state index contributed by atoms with van der Waals surface area (Å²) in [4.78, 5) is 12.1. The van der Waals surface area contributed by atoms with Gasteiger partial charge in [-0.1, -0.05) is 76.1 Å². The van der Waals surface area contributed by atoms with Crippen molar-refractivity contribution in [3.63, 3.8) is 0 Å². The molecule has 25 heavy (non-hydrogen) atoms. The highest BCUT2D eigenvalue weighted by Gasteiger charge is 2.07. The fourth-order valence-corrected chi connectivity index (χ4v) is 3.73. The minimum absolute atomic E-state index is 0.172. The van der Waals surface area contributed by atoms with Gasteiger partial charge in [0, 0.05) is 13.0 Å². The summed E-state index contributed by atoms with van der Waals surface area (Å²) in [5.41, 5.74) is 3.64. The minimum Gasteiger partial charge on any atom is -0.352 e. The molecule has 0 aliphatic heterocycles. The predicted molar refractivity (Wildman–Crippen MR) is 109 cm³/mol. The van der Waals surface area contributed by atoms with Gasteiger partial charge in [-0.2, -0.15) is 11.3 Å². The number of rotatable bonds is 12. The molecule has 0 aliphatic rings. The monoisotopic (exact) mass is 357 g/mol. The third kappa shape index (κ3) is 7.43. The van der Waals surface area contributed by atoms with E-state index < -0.39 is 0 Å². The molecule has 2 aromatic rings. The lowest BCUT2D eigenvalue weighted by Crippen LogP contribution is -2.22. The molecule has 0 fully saturated rings. The molecule has 1 aromatic heterocycles. The van der Waals surface area contributed by atoms with Crippen molar-refractivity contribution in [2.45, 2.75) is 71.3 Å². The van der Waals surface area contributed by atoms with Gasteiger partial charge in [-0.3, -0.25) is 4.79 Å². The van der Waals surface area contributed by atoms with E-state index in [-0.39, 0.29) is 5.91 Å². The number of benzene rings is 1. The zero-order chi connectivity index (χ0) is 17.7. The van der Waals surface area contributed by atoms with Gasteiger partial charge < -0.3 is 5.32 Å². The summed E-state index contributed by atoms with van der Waals surface area (Å²) in [6, 6.07) is 10.5. The lowest BCUT2D eigenvalue weighted by molar-refractivity contribution is -0.121. The zero-order valence-electron chi connectivity index (χ0n) is 15.4. The van der Waals surface area contributed by atoms with E-state index >= 15 is 0 Å². The minimum atomic E-state index is 0.172. The van der Waals surface area contributed by atoms with Crippen LogP contribution < -0.4 is 5.32 Å². The highest BCUT2D eigenvalue weighted by molar-refractivity contribution is 7.08. The molecule has 1 aromatic carbocycles. The largest absolute Gasteiger partial charge is 0.352 e. The van der Waals surface area contributed by atoms with Crippen LogP contribution in [0.15, 0.2) is 41.1 Å². The molecule has 3 heteroatoms. The maximum Gasteiger partial charge on any atom is 0.220 e. The Kier molecular flexibility index (Phi) is 9.35. The van der Waals surface area contributed by atoms with Crippen LogP contribution in [0, 0.1) is 0 Å². The molecule has 1 N–H and O–H groups in total. The predicted octanol–water partition coefficient (Wildman–Crippen LogP) is 6.56. The van der Waals surface area contributed by atoms with E-state index in [1.807, 2.05) is 6.07 Å². The summed E-state index contributed by atoms with van der Waals surface area (Å²) in [5.74, 6) is 0.172.